The molecule has 7 nitrogen and oxygen atoms in total. The summed E-state index contributed by atoms with van der Waals surface area (Å²) in [5.41, 5.74) is 0. The Morgan fingerprint density at radius 1 is 1.12 bits per heavy atom. The van der Waals surface area contributed by atoms with Crippen molar-refractivity contribution in [1.82, 2.24) is 10.2 Å². The largest absolute Gasteiger partial charge is 0.481 e. The van der Waals surface area contributed by atoms with Gasteiger partial charge in [0, 0.05) is 38.8 Å². The summed E-state index contributed by atoms with van der Waals surface area (Å²) in [5.74, 6) is -1.83. The zero-order chi connectivity index (χ0) is 17.5. The number of hydrogen-bond donors (Lipinski definition) is 2. The molecule has 0 spiro atoms. The van der Waals surface area contributed by atoms with E-state index in [2.05, 4.69) is 5.32 Å². The predicted molar refractivity (Wildman–Crippen MR) is 87.3 cm³/mol. The van der Waals surface area contributed by atoms with Gasteiger partial charge in [-0.1, -0.05) is 0 Å². The molecule has 2 aliphatic rings. The third-order valence-corrected chi connectivity index (χ3v) is 5.06. The molecular weight excluding hydrogens is 312 g/mol. The number of piperidine rings is 1. The first-order valence-corrected chi connectivity index (χ1v) is 8.91. The fraction of sp³-hybridized carbons (Fsp3) is 0.824. The Bertz CT molecular complexity index is 460. The van der Waals surface area contributed by atoms with E-state index in [1.54, 1.807) is 4.90 Å². The number of hydrogen-bond acceptors (Lipinski definition) is 4. The van der Waals surface area contributed by atoms with Crippen molar-refractivity contribution in [1.29, 1.82) is 0 Å². The summed E-state index contributed by atoms with van der Waals surface area (Å²) in [4.78, 5) is 37.3. The average Bonchev–Trinajstić information content (AvgIpc) is 2.53. The summed E-state index contributed by atoms with van der Waals surface area (Å²) in [7, 11) is 0. The molecule has 2 rings (SSSR count). The highest BCUT2D eigenvalue weighted by atomic mass is 16.5. The zero-order valence-electron chi connectivity index (χ0n) is 14.3. The molecule has 24 heavy (non-hydrogen) atoms. The van der Waals surface area contributed by atoms with Gasteiger partial charge < -0.3 is 20.1 Å². The van der Waals surface area contributed by atoms with Crippen molar-refractivity contribution in [3.63, 3.8) is 0 Å². The Morgan fingerprint density at radius 3 is 2.33 bits per heavy atom. The minimum atomic E-state index is -0.874. The van der Waals surface area contributed by atoms with Gasteiger partial charge in [0.25, 0.3) is 0 Å². The number of nitrogens with zero attached hydrogens (tertiary/aromatic N) is 1. The van der Waals surface area contributed by atoms with Crippen molar-refractivity contribution in [2.75, 3.05) is 32.8 Å². The minimum absolute atomic E-state index is 0.0469. The molecule has 0 bridgehead atoms. The molecule has 2 amide bonds. The van der Waals surface area contributed by atoms with Crippen LogP contribution >= 0.6 is 0 Å². The normalized spacial score (nSPS) is 24.3. The molecule has 7 heteroatoms. The smallest absolute Gasteiger partial charge is 0.307 e. The van der Waals surface area contributed by atoms with Gasteiger partial charge in [0.05, 0.1) is 11.8 Å². The highest BCUT2D eigenvalue weighted by molar-refractivity contribution is 5.86. The van der Waals surface area contributed by atoms with Crippen LogP contribution in [0.25, 0.3) is 0 Å². The number of ether oxygens (including phenoxy) is 1. The fourth-order valence-corrected chi connectivity index (χ4v) is 3.36. The third-order valence-electron chi connectivity index (χ3n) is 5.06. The Morgan fingerprint density at radius 2 is 1.79 bits per heavy atom. The molecule has 0 radical (unpaired) electrons. The van der Waals surface area contributed by atoms with Crippen molar-refractivity contribution in [3.8, 4) is 0 Å². The second-order valence-electron chi connectivity index (χ2n) is 6.57. The maximum absolute atomic E-state index is 12.4. The number of carbonyl (C=O) groups is 3. The quantitative estimate of drug-likeness (QED) is 0.640. The Hall–Kier alpha value is -1.63. The third kappa shape index (κ3) is 4.69. The van der Waals surface area contributed by atoms with E-state index in [9.17, 15) is 14.4 Å². The first kappa shape index (κ1) is 18.7. The number of amides is 2. The molecule has 2 fully saturated rings. The van der Waals surface area contributed by atoms with E-state index in [0.717, 1.165) is 6.42 Å². The molecule has 2 N–H and O–H groups in total. The van der Waals surface area contributed by atoms with Crippen LogP contribution in [0.15, 0.2) is 0 Å². The predicted octanol–water partition coefficient (Wildman–Crippen LogP) is 0.879. The van der Waals surface area contributed by atoms with Crippen LogP contribution in [-0.2, 0) is 19.1 Å². The molecule has 2 atom stereocenters. The molecule has 1 aliphatic heterocycles. The summed E-state index contributed by atoms with van der Waals surface area (Å²) in [6.07, 6.45) is 3.35. The van der Waals surface area contributed by atoms with Crippen molar-refractivity contribution >= 4 is 17.8 Å². The van der Waals surface area contributed by atoms with Crippen LogP contribution in [0.4, 0.5) is 0 Å². The van der Waals surface area contributed by atoms with E-state index >= 15 is 0 Å². The van der Waals surface area contributed by atoms with E-state index in [0.29, 0.717) is 58.5 Å². The van der Waals surface area contributed by atoms with Gasteiger partial charge in [0.15, 0.2) is 0 Å². The first-order valence-electron chi connectivity index (χ1n) is 8.91. The number of nitrogens with one attached hydrogen (secondary N) is 1. The number of carboxylic acids is 1. The summed E-state index contributed by atoms with van der Waals surface area (Å²) >= 11 is 0. The Kier molecular flexibility index (Phi) is 7.02. The van der Waals surface area contributed by atoms with E-state index < -0.39 is 11.9 Å². The molecule has 1 saturated heterocycles. The zero-order valence-corrected chi connectivity index (χ0v) is 14.3. The summed E-state index contributed by atoms with van der Waals surface area (Å²) < 4.78 is 5.23. The van der Waals surface area contributed by atoms with Crippen molar-refractivity contribution in [3.05, 3.63) is 0 Å². The molecule has 0 aromatic rings. The highest BCUT2D eigenvalue weighted by Gasteiger charge is 2.43. The van der Waals surface area contributed by atoms with E-state index in [1.165, 1.54) is 0 Å². The van der Waals surface area contributed by atoms with Gasteiger partial charge in [-0.2, -0.15) is 0 Å². The van der Waals surface area contributed by atoms with Crippen molar-refractivity contribution in [2.24, 2.45) is 17.8 Å². The van der Waals surface area contributed by atoms with Gasteiger partial charge in [-0.25, -0.2) is 0 Å². The lowest BCUT2D eigenvalue weighted by Gasteiger charge is -2.39. The highest BCUT2D eigenvalue weighted by Crippen LogP contribution is 2.36. The number of rotatable bonds is 8. The van der Waals surface area contributed by atoms with E-state index in [1.807, 2.05) is 6.92 Å². The van der Waals surface area contributed by atoms with Crippen LogP contribution in [0.3, 0.4) is 0 Å². The number of aliphatic carboxylic acids is 1. The maximum atomic E-state index is 12.4. The van der Waals surface area contributed by atoms with Crippen LogP contribution in [0, 0.1) is 17.8 Å². The van der Waals surface area contributed by atoms with Crippen LogP contribution in [0.2, 0.25) is 0 Å². The Balaban J connectivity index is 1.68. The molecular formula is C17H28N2O5. The summed E-state index contributed by atoms with van der Waals surface area (Å²) in [6, 6.07) is 0. The molecule has 0 aromatic heterocycles. The van der Waals surface area contributed by atoms with Crippen molar-refractivity contribution in [2.45, 2.75) is 39.0 Å². The molecule has 1 heterocycles. The second-order valence-corrected chi connectivity index (χ2v) is 6.57. The van der Waals surface area contributed by atoms with Gasteiger partial charge in [-0.05, 0) is 39.0 Å². The number of carboxylic acid groups (broad SMARTS) is 1. The van der Waals surface area contributed by atoms with Gasteiger partial charge in [0.1, 0.15) is 0 Å². The standard InChI is InChI=1S/C17H28N2O5/c1-2-24-11-3-8-18-15(20)12-6-9-19(10-7-12)16(21)13-4-5-14(13)17(22)23/h12-14H,2-11H2,1H3,(H,18,20)(H,22,23). The van der Waals surface area contributed by atoms with Crippen LogP contribution in [0.5, 0.6) is 0 Å². The van der Waals surface area contributed by atoms with Crippen LogP contribution in [-0.4, -0.2) is 60.6 Å². The second kappa shape index (κ2) is 9.01. The lowest BCUT2D eigenvalue weighted by Crippen LogP contribution is -2.49. The topological polar surface area (TPSA) is 95.9 Å². The van der Waals surface area contributed by atoms with Gasteiger partial charge in [0.2, 0.25) is 11.8 Å². The number of carbonyl (C=O) groups excluding carboxylic acids is 2. The lowest BCUT2D eigenvalue weighted by atomic mass is 9.72. The maximum Gasteiger partial charge on any atom is 0.307 e. The summed E-state index contributed by atoms with van der Waals surface area (Å²) in [6.45, 7) is 4.97. The van der Waals surface area contributed by atoms with Gasteiger partial charge in [-0.3, -0.25) is 14.4 Å². The van der Waals surface area contributed by atoms with E-state index in [-0.39, 0.29) is 23.7 Å². The molecule has 1 saturated carbocycles. The Labute approximate surface area is 142 Å². The van der Waals surface area contributed by atoms with Crippen LogP contribution < -0.4 is 5.32 Å². The first-order chi connectivity index (χ1) is 11.5. The molecule has 1 aliphatic carbocycles. The monoisotopic (exact) mass is 340 g/mol. The minimum Gasteiger partial charge on any atom is -0.481 e. The molecule has 0 aromatic carbocycles. The fourth-order valence-electron chi connectivity index (χ4n) is 3.36. The van der Waals surface area contributed by atoms with E-state index in [4.69, 9.17) is 9.84 Å². The molecule has 136 valence electrons. The van der Waals surface area contributed by atoms with Crippen molar-refractivity contribution < 1.29 is 24.2 Å². The SMILES string of the molecule is CCOCCCNC(=O)C1CCN(C(=O)C2CCC2C(=O)O)CC1. The lowest BCUT2D eigenvalue weighted by molar-refractivity contribution is -0.157. The van der Waals surface area contributed by atoms with Gasteiger partial charge in [-0.15, -0.1) is 0 Å². The average molecular weight is 340 g/mol. The van der Waals surface area contributed by atoms with Crippen LogP contribution in [0.1, 0.15) is 39.0 Å². The summed E-state index contributed by atoms with van der Waals surface area (Å²) in [5, 5.41) is 12.0. The molecule has 2 unspecified atom stereocenters. The van der Waals surface area contributed by atoms with Gasteiger partial charge >= 0.3 is 5.97 Å². The number of likely N-dealkylation sites (tertiary alicyclic amines) is 1.